The summed E-state index contributed by atoms with van der Waals surface area (Å²) in [4.78, 5) is 16.2. The van der Waals surface area contributed by atoms with Crippen molar-refractivity contribution in [2.45, 2.75) is 26.8 Å². The smallest absolute Gasteiger partial charge is 0.271 e. The van der Waals surface area contributed by atoms with Gasteiger partial charge < -0.3 is 0 Å². The molecular weight excluding hydrogens is 208 g/mol. The second-order valence-corrected chi connectivity index (χ2v) is 4.77. The van der Waals surface area contributed by atoms with Crippen molar-refractivity contribution in [1.82, 2.24) is 9.55 Å². The molecule has 80 valence electrons. The van der Waals surface area contributed by atoms with E-state index >= 15 is 0 Å². The number of aromatic nitrogens is 2. The Labute approximate surface area is 92.4 Å². The fourth-order valence-corrected chi connectivity index (χ4v) is 2.27. The van der Waals surface area contributed by atoms with Crippen LogP contribution in [0.4, 0.5) is 0 Å². The molecule has 0 amide bonds. The lowest BCUT2D eigenvalue weighted by Crippen LogP contribution is -2.22. The zero-order valence-electron chi connectivity index (χ0n) is 8.93. The van der Waals surface area contributed by atoms with Crippen LogP contribution in [0.5, 0.6) is 0 Å². The van der Waals surface area contributed by atoms with Gasteiger partial charge in [0.1, 0.15) is 4.70 Å². The van der Waals surface area contributed by atoms with Crippen molar-refractivity contribution >= 4 is 21.6 Å². The molecule has 4 heteroatoms. The first-order valence-corrected chi connectivity index (χ1v) is 6.03. The first kappa shape index (κ1) is 10.4. The Kier molecular flexibility index (Phi) is 2.86. The van der Waals surface area contributed by atoms with Gasteiger partial charge in [-0.25, -0.2) is 4.98 Å². The summed E-state index contributed by atoms with van der Waals surface area (Å²) >= 11 is 1.47. The molecule has 2 aromatic rings. The monoisotopic (exact) mass is 222 g/mol. The van der Waals surface area contributed by atoms with Gasteiger partial charge in [-0.05, 0) is 17.4 Å². The van der Waals surface area contributed by atoms with E-state index in [9.17, 15) is 4.79 Å². The Balaban J connectivity index is 2.44. The summed E-state index contributed by atoms with van der Waals surface area (Å²) in [6.07, 6.45) is 2.73. The van der Waals surface area contributed by atoms with E-state index in [1.807, 2.05) is 11.4 Å². The number of fused-ring (bicyclic) bond motifs is 1. The van der Waals surface area contributed by atoms with Crippen molar-refractivity contribution in [1.29, 1.82) is 0 Å². The van der Waals surface area contributed by atoms with Crippen LogP contribution in [-0.4, -0.2) is 9.55 Å². The molecule has 0 aliphatic carbocycles. The molecule has 1 unspecified atom stereocenters. The third-order valence-electron chi connectivity index (χ3n) is 2.64. The molecule has 0 saturated heterocycles. The second-order valence-electron chi connectivity index (χ2n) is 3.85. The largest absolute Gasteiger partial charge is 0.298 e. The van der Waals surface area contributed by atoms with E-state index in [2.05, 4.69) is 18.8 Å². The Hall–Kier alpha value is -1.16. The lowest BCUT2D eigenvalue weighted by atomic mass is 10.1. The van der Waals surface area contributed by atoms with Crippen LogP contribution < -0.4 is 5.56 Å². The number of nitrogens with zero attached hydrogens (tertiary/aromatic N) is 2. The molecule has 0 saturated carbocycles. The third kappa shape index (κ3) is 1.95. The first-order chi connectivity index (χ1) is 7.22. The van der Waals surface area contributed by atoms with Crippen molar-refractivity contribution in [2.24, 2.45) is 5.92 Å². The van der Waals surface area contributed by atoms with E-state index in [-0.39, 0.29) is 5.56 Å². The minimum absolute atomic E-state index is 0.0929. The predicted octanol–water partition coefficient (Wildman–Crippen LogP) is 2.50. The van der Waals surface area contributed by atoms with Crippen molar-refractivity contribution in [2.75, 3.05) is 0 Å². The summed E-state index contributed by atoms with van der Waals surface area (Å²) in [6, 6.07) is 1.88. The molecule has 0 radical (unpaired) electrons. The van der Waals surface area contributed by atoms with Crippen LogP contribution in [0.25, 0.3) is 10.2 Å². The van der Waals surface area contributed by atoms with E-state index in [1.165, 1.54) is 11.3 Å². The van der Waals surface area contributed by atoms with E-state index in [0.717, 1.165) is 23.2 Å². The Morgan fingerprint density at radius 2 is 2.40 bits per heavy atom. The van der Waals surface area contributed by atoms with Gasteiger partial charge in [0.2, 0.25) is 0 Å². The summed E-state index contributed by atoms with van der Waals surface area (Å²) in [6.45, 7) is 5.04. The normalized spacial score (nSPS) is 13.2. The van der Waals surface area contributed by atoms with E-state index in [1.54, 1.807) is 10.9 Å². The maximum absolute atomic E-state index is 12.0. The molecule has 0 bridgehead atoms. The van der Waals surface area contributed by atoms with Crippen molar-refractivity contribution < 1.29 is 0 Å². The Morgan fingerprint density at radius 3 is 3.13 bits per heavy atom. The number of thiophene rings is 1. The zero-order valence-corrected chi connectivity index (χ0v) is 9.75. The van der Waals surface area contributed by atoms with Gasteiger partial charge in [0.05, 0.1) is 11.8 Å². The van der Waals surface area contributed by atoms with Crippen molar-refractivity contribution in [3.05, 3.63) is 28.1 Å². The summed E-state index contributed by atoms with van der Waals surface area (Å²) < 4.78 is 2.48. The van der Waals surface area contributed by atoms with Crippen LogP contribution >= 0.6 is 11.3 Å². The highest BCUT2D eigenvalue weighted by Gasteiger charge is 2.07. The quantitative estimate of drug-likeness (QED) is 0.799. The minimum Gasteiger partial charge on any atom is -0.298 e. The van der Waals surface area contributed by atoms with E-state index in [4.69, 9.17) is 0 Å². The van der Waals surface area contributed by atoms with Crippen LogP contribution in [0, 0.1) is 5.92 Å². The molecular formula is C11H14N2OS. The van der Waals surface area contributed by atoms with Crippen LogP contribution in [0.2, 0.25) is 0 Å². The average Bonchev–Trinajstić information content (AvgIpc) is 2.70. The SMILES string of the molecule is CCC(C)Cn1cnc2ccsc2c1=O. The minimum atomic E-state index is 0.0929. The molecule has 15 heavy (non-hydrogen) atoms. The molecule has 0 aliphatic heterocycles. The van der Waals surface area contributed by atoms with Gasteiger partial charge in [0.25, 0.3) is 5.56 Å². The van der Waals surface area contributed by atoms with Gasteiger partial charge >= 0.3 is 0 Å². The van der Waals surface area contributed by atoms with Crippen molar-refractivity contribution in [3.63, 3.8) is 0 Å². The van der Waals surface area contributed by atoms with Gasteiger partial charge in [-0.2, -0.15) is 0 Å². The van der Waals surface area contributed by atoms with E-state index in [0.29, 0.717) is 5.92 Å². The predicted molar refractivity (Wildman–Crippen MR) is 63.3 cm³/mol. The number of hydrogen-bond acceptors (Lipinski definition) is 3. The lowest BCUT2D eigenvalue weighted by Gasteiger charge is -2.10. The molecule has 2 rings (SSSR count). The first-order valence-electron chi connectivity index (χ1n) is 5.15. The van der Waals surface area contributed by atoms with Gasteiger partial charge in [-0.1, -0.05) is 20.3 Å². The Bertz CT molecular complexity index is 515. The van der Waals surface area contributed by atoms with E-state index < -0.39 is 0 Å². The molecule has 0 spiro atoms. The van der Waals surface area contributed by atoms with Gasteiger partial charge in [0, 0.05) is 6.54 Å². The van der Waals surface area contributed by atoms with Crippen LogP contribution in [-0.2, 0) is 6.54 Å². The number of rotatable bonds is 3. The summed E-state index contributed by atoms with van der Waals surface area (Å²) in [5.41, 5.74) is 0.903. The highest BCUT2D eigenvalue weighted by Crippen LogP contribution is 2.13. The molecule has 1 atom stereocenters. The van der Waals surface area contributed by atoms with Gasteiger partial charge in [-0.15, -0.1) is 11.3 Å². The standard InChI is InChI=1S/C11H14N2OS/c1-3-8(2)6-13-7-12-9-4-5-15-10(9)11(13)14/h4-5,7-8H,3,6H2,1-2H3. The topological polar surface area (TPSA) is 34.9 Å². The molecule has 0 N–H and O–H groups in total. The maximum Gasteiger partial charge on any atom is 0.271 e. The highest BCUT2D eigenvalue weighted by molar-refractivity contribution is 7.17. The fraction of sp³-hybridized carbons (Fsp3) is 0.455. The molecule has 0 fully saturated rings. The summed E-state index contributed by atoms with van der Waals surface area (Å²) in [5.74, 6) is 0.516. The van der Waals surface area contributed by atoms with Crippen LogP contribution in [0.3, 0.4) is 0 Å². The van der Waals surface area contributed by atoms with Crippen LogP contribution in [0.1, 0.15) is 20.3 Å². The second kappa shape index (κ2) is 4.14. The summed E-state index contributed by atoms with van der Waals surface area (Å²) in [7, 11) is 0. The maximum atomic E-state index is 12.0. The molecule has 2 heterocycles. The van der Waals surface area contributed by atoms with Crippen molar-refractivity contribution in [3.8, 4) is 0 Å². The molecule has 0 aromatic carbocycles. The summed E-state index contributed by atoms with van der Waals surface area (Å²) in [5, 5.41) is 1.91. The fourth-order valence-electron chi connectivity index (χ4n) is 1.47. The third-order valence-corrected chi connectivity index (χ3v) is 3.53. The number of hydrogen-bond donors (Lipinski definition) is 0. The van der Waals surface area contributed by atoms with Gasteiger partial charge in [0.15, 0.2) is 0 Å². The molecule has 3 nitrogen and oxygen atoms in total. The Morgan fingerprint density at radius 1 is 1.60 bits per heavy atom. The molecule has 2 aromatic heterocycles. The van der Waals surface area contributed by atoms with Crippen LogP contribution in [0.15, 0.2) is 22.6 Å². The molecule has 0 aliphatic rings. The highest BCUT2D eigenvalue weighted by atomic mass is 32.1. The zero-order chi connectivity index (χ0) is 10.8. The van der Waals surface area contributed by atoms with Gasteiger partial charge in [-0.3, -0.25) is 9.36 Å². The lowest BCUT2D eigenvalue weighted by molar-refractivity contribution is 0.458. The average molecular weight is 222 g/mol.